The highest BCUT2D eigenvalue weighted by molar-refractivity contribution is 8.00. The number of thioether (sulfide) groups is 1. The number of hydrogen-bond donors (Lipinski definition) is 2. The maximum atomic E-state index is 13.4. The van der Waals surface area contributed by atoms with Crippen LogP contribution in [0.25, 0.3) is 0 Å². The Bertz CT molecular complexity index is 1470. The van der Waals surface area contributed by atoms with Crippen LogP contribution < -0.4 is 20.1 Å². The molecule has 1 aliphatic heterocycles. The Hall–Kier alpha value is -3.65. The van der Waals surface area contributed by atoms with E-state index in [1.165, 1.54) is 17.8 Å². The number of carbonyl (C=O) groups excluding carboxylic acids is 2. The van der Waals surface area contributed by atoms with Gasteiger partial charge in [0.2, 0.25) is 5.91 Å². The summed E-state index contributed by atoms with van der Waals surface area (Å²) < 4.78 is 11.2. The third kappa shape index (κ3) is 6.25. The van der Waals surface area contributed by atoms with Crippen LogP contribution in [0.4, 0.5) is 11.4 Å². The van der Waals surface area contributed by atoms with Crippen LogP contribution in [0, 0.1) is 0 Å². The molecule has 0 saturated heterocycles. The monoisotopic (exact) mass is 564 g/mol. The Kier molecular flexibility index (Phi) is 8.08. The van der Waals surface area contributed by atoms with Gasteiger partial charge in [-0.05, 0) is 60.2 Å². The molecule has 2 N–H and O–H groups in total. The van der Waals surface area contributed by atoms with Gasteiger partial charge in [-0.25, -0.2) is 0 Å². The first-order chi connectivity index (χ1) is 18.5. The minimum atomic E-state index is -0.516. The van der Waals surface area contributed by atoms with Crippen LogP contribution in [0.2, 0.25) is 10.0 Å². The first-order valence-corrected chi connectivity index (χ1v) is 13.4. The van der Waals surface area contributed by atoms with Gasteiger partial charge < -0.3 is 20.1 Å². The van der Waals surface area contributed by atoms with Crippen LogP contribution in [-0.4, -0.2) is 25.0 Å². The molecule has 0 radical (unpaired) electrons. The van der Waals surface area contributed by atoms with Gasteiger partial charge in [-0.3, -0.25) is 9.59 Å². The Morgan fingerprint density at radius 2 is 1.47 bits per heavy atom. The maximum absolute atomic E-state index is 13.4. The number of benzene rings is 4. The highest BCUT2D eigenvalue weighted by atomic mass is 35.5. The smallest absolute Gasteiger partial charge is 0.257 e. The van der Waals surface area contributed by atoms with Crippen molar-refractivity contribution in [3.8, 4) is 11.5 Å². The number of ether oxygens (including phenoxy) is 2. The number of halogens is 2. The van der Waals surface area contributed by atoms with Crippen LogP contribution in [0.1, 0.15) is 21.2 Å². The second kappa shape index (κ2) is 11.8. The van der Waals surface area contributed by atoms with Gasteiger partial charge in [0.15, 0.2) is 11.5 Å². The molecule has 0 saturated carbocycles. The van der Waals surface area contributed by atoms with Crippen molar-refractivity contribution < 1.29 is 19.1 Å². The van der Waals surface area contributed by atoms with Crippen LogP contribution in [0.15, 0.2) is 95.9 Å². The zero-order valence-electron chi connectivity index (χ0n) is 19.9. The Morgan fingerprint density at radius 3 is 2.21 bits per heavy atom. The van der Waals surface area contributed by atoms with E-state index in [1.807, 2.05) is 42.5 Å². The average Bonchev–Trinajstić information content (AvgIpc) is 2.93. The Labute approximate surface area is 234 Å². The summed E-state index contributed by atoms with van der Waals surface area (Å²) in [5, 5.41) is 6.05. The predicted octanol–water partition coefficient (Wildman–Crippen LogP) is 7.49. The molecule has 1 heterocycles. The molecule has 6 nitrogen and oxygen atoms in total. The zero-order valence-corrected chi connectivity index (χ0v) is 22.3. The van der Waals surface area contributed by atoms with E-state index in [2.05, 4.69) is 10.6 Å². The fraction of sp³-hybridized carbons (Fsp3) is 0.103. The highest BCUT2D eigenvalue weighted by Gasteiger charge is 2.23. The quantitative estimate of drug-likeness (QED) is 0.227. The lowest BCUT2D eigenvalue weighted by Gasteiger charge is -2.20. The van der Waals surface area contributed by atoms with E-state index in [-0.39, 0.29) is 16.8 Å². The second-order valence-corrected chi connectivity index (χ2v) is 10.4. The molecular weight excluding hydrogens is 543 g/mol. The van der Waals surface area contributed by atoms with Gasteiger partial charge in [0, 0.05) is 27.4 Å². The summed E-state index contributed by atoms with van der Waals surface area (Å²) in [5.41, 5.74) is 2.42. The molecule has 0 aromatic heterocycles. The van der Waals surface area contributed by atoms with Gasteiger partial charge >= 0.3 is 0 Å². The van der Waals surface area contributed by atoms with Gasteiger partial charge in [-0.1, -0.05) is 53.5 Å². The molecule has 0 bridgehead atoms. The number of amides is 2. The van der Waals surface area contributed by atoms with Crippen molar-refractivity contribution in [3.05, 3.63) is 112 Å². The lowest BCUT2D eigenvalue weighted by atomic mass is 10.1. The van der Waals surface area contributed by atoms with Crippen molar-refractivity contribution in [3.63, 3.8) is 0 Å². The van der Waals surface area contributed by atoms with Gasteiger partial charge in [0.1, 0.15) is 18.5 Å². The van der Waals surface area contributed by atoms with Crippen molar-refractivity contribution in [2.24, 2.45) is 0 Å². The first kappa shape index (κ1) is 26.0. The van der Waals surface area contributed by atoms with E-state index in [0.29, 0.717) is 46.7 Å². The van der Waals surface area contributed by atoms with Crippen LogP contribution in [0.3, 0.4) is 0 Å². The lowest BCUT2D eigenvalue weighted by Crippen LogP contribution is -2.20. The van der Waals surface area contributed by atoms with Gasteiger partial charge in [-0.15, -0.1) is 11.8 Å². The Morgan fingerprint density at radius 1 is 0.763 bits per heavy atom. The molecule has 192 valence electrons. The van der Waals surface area contributed by atoms with Gasteiger partial charge in [-0.2, -0.15) is 0 Å². The normalized spacial score (nSPS) is 12.9. The third-order valence-electron chi connectivity index (χ3n) is 5.69. The van der Waals surface area contributed by atoms with E-state index >= 15 is 0 Å². The fourth-order valence-corrected chi connectivity index (χ4v) is 5.37. The second-order valence-electron chi connectivity index (χ2n) is 8.36. The third-order valence-corrected chi connectivity index (χ3v) is 7.51. The zero-order chi connectivity index (χ0) is 26.5. The van der Waals surface area contributed by atoms with E-state index < -0.39 is 5.25 Å². The fourth-order valence-electron chi connectivity index (χ4n) is 3.85. The summed E-state index contributed by atoms with van der Waals surface area (Å²) in [6.45, 7) is 0.971. The standard InChI is InChI=1S/C29H22Cl2N2O4S/c30-19-6-12-23(24(31)16-19)28(34)32-20-7-10-22(11-8-20)38-27(18-4-2-1-3-5-18)29(35)33-21-9-13-25-26(17-21)37-15-14-36-25/h1-13,16-17,27H,14-15H2,(H,32,34)(H,33,35). The summed E-state index contributed by atoms with van der Waals surface area (Å²) >= 11 is 13.5. The molecule has 2 amide bonds. The SMILES string of the molecule is O=C(Nc1ccc(SC(C(=O)Nc2ccc3c(c2)OCCO3)c2ccccc2)cc1)c1ccc(Cl)cc1Cl. The Balaban J connectivity index is 1.30. The van der Waals surface area contributed by atoms with Crippen molar-refractivity contribution >= 4 is 58.2 Å². The average molecular weight is 565 g/mol. The number of anilines is 2. The maximum Gasteiger partial charge on any atom is 0.257 e. The molecule has 4 aromatic rings. The van der Waals surface area contributed by atoms with E-state index in [0.717, 1.165) is 10.5 Å². The van der Waals surface area contributed by atoms with Crippen LogP contribution in [-0.2, 0) is 4.79 Å². The minimum Gasteiger partial charge on any atom is -0.486 e. The lowest BCUT2D eigenvalue weighted by molar-refractivity contribution is -0.115. The van der Waals surface area contributed by atoms with Crippen LogP contribution >= 0.6 is 35.0 Å². The molecule has 4 aromatic carbocycles. The largest absolute Gasteiger partial charge is 0.486 e. The summed E-state index contributed by atoms with van der Waals surface area (Å²) in [6.07, 6.45) is 0. The van der Waals surface area contributed by atoms with Crippen molar-refractivity contribution in [1.82, 2.24) is 0 Å². The van der Waals surface area contributed by atoms with Crippen molar-refractivity contribution in [1.29, 1.82) is 0 Å². The van der Waals surface area contributed by atoms with Crippen LogP contribution in [0.5, 0.6) is 11.5 Å². The summed E-state index contributed by atoms with van der Waals surface area (Å²) in [7, 11) is 0. The molecule has 1 unspecified atom stereocenters. The predicted molar refractivity (Wildman–Crippen MR) is 152 cm³/mol. The molecule has 5 rings (SSSR count). The molecule has 0 fully saturated rings. The van der Waals surface area contributed by atoms with Crippen molar-refractivity contribution in [2.75, 3.05) is 23.8 Å². The molecule has 38 heavy (non-hydrogen) atoms. The van der Waals surface area contributed by atoms with Gasteiger partial charge in [0.25, 0.3) is 5.91 Å². The summed E-state index contributed by atoms with van der Waals surface area (Å²) in [6, 6.07) is 26.9. The summed E-state index contributed by atoms with van der Waals surface area (Å²) in [5.74, 6) is 0.755. The molecule has 1 atom stereocenters. The molecule has 9 heteroatoms. The minimum absolute atomic E-state index is 0.173. The molecule has 0 aliphatic carbocycles. The van der Waals surface area contributed by atoms with E-state index in [9.17, 15) is 9.59 Å². The van der Waals surface area contributed by atoms with E-state index in [4.69, 9.17) is 32.7 Å². The number of nitrogens with one attached hydrogen (secondary N) is 2. The topological polar surface area (TPSA) is 76.7 Å². The molecule has 0 spiro atoms. The first-order valence-electron chi connectivity index (χ1n) is 11.7. The highest BCUT2D eigenvalue weighted by Crippen LogP contribution is 2.38. The molecular formula is C29H22Cl2N2O4S. The summed E-state index contributed by atoms with van der Waals surface area (Å²) in [4.78, 5) is 26.9. The number of fused-ring (bicyclic) bond motifs is 1. The van der Waals surface area contributed by atoms with E-state index in [1.54, 1.807) is 42.5 Å². The molecule has 1 aliphatic rings. The number of hydrogen-bond acceptors (Lipinski definition) is 5. The number of rotatable bonds is 7. The number of carbonyl (C=O) groups is 2. The van der Waals surface area contributed by atoms with Gasteiger partial charge in [0.05, 0.1) is 10.6 Å². The van der Waals surface area contributed by atoms with Crippen molar-refractivity contribution in [2.45, 2.75) is 10.1 Å².